The zero-order valence-electron chi connectivity index (χ0n) is 10.2. The first-order chi connectivity index (χ1) is 9.18. The van der Waals surface area contributed by atoms with Crippen molar-refractivity contribution in [3.8, 4) is 0 Å². The molecule has 1 aliphatic heterocycles. The second-order valence-corrected chi connectivity index (χ2v) is 6.54. The van der Waals surface area contributed by atoms with Gasteiger partial charge in [0.25, 0.3) is 5.91 Å². The Bertz CT molecular complexity index is 476. The summed E-state index contributed by atoms with van der Waals surface area (Å²) in [6, 6.07) is 2.89. The average molecular weight is 298 g/mol. The molecule has 2 heterocycles. The minimum atomic E-state index is -1.14. The van der Waals surface area contributed by atoms with E-state index in [4.69, 9.17) is 5.11 Å². The number of thioether (sulfide) groups is 2. The van der Waals surface area contributed by atoms with Crippen molar-refractivity contribution < 1.29 is 14.7 Å². The molecule has 1 aromatic rings. The van der Waals surface area contributed by atoms with Gasteiger partial charge in [-0.1, -0.05) is 0 Å². The summed E-state index contributed by atoms with van der Waals surface area (Å²) in [5, 5.41) is 12.2. The molecule has 0 aliphatic carbocycles. The van der Waals surface area contributed by atoms with Crippen molar-refractivity contribution in [3.05, 3.63) is 29.6 Å². The highest BCUT2D eigenvalue weighted by Crippen LogP contribution is 2.23. The zero-order chi connectivity index (χ0) is 13.7. The summed E-state index contributed by atoms with van der Waals surface area (Å²) in [6.45, 7) is 0.548. The number of carboxylic acid groups (broad SMARTS) is 1. The van der Waals surface area contributed by atoms with Gasteiger partial charge in [0.05, 0.1) is 5.56 Å². The van der Waals surface area contributed by atoms with Gasteiger partial charge in [-0.05, 0) is 12.1 Å². The number of amides is 1. The molecule has 0 saturated carbocycles. The molecule has 1 saturated heterocycles. The second kappa shape index (κ2) is 6.81. The molecule has 0 bridgehead atoms. The molecule has 0 radical (unpaired) electrons. The van der Waals surface area contributed by atoms with Crippen LogP contribution in [0.3, 0.4) is 0 Å². The third-order valence-corrected chi connectivity index (χ3v) is 5.47. The van der Waals surface area contributed by atoms with E-state index in [0.29, 0.717) is 11.8 Å². The minimum Gasteiger partial charge on any atom is -0.478 e. The number of aromatic nitrogens is 1. The fraction of sp³-hybridized carbons (Fsp3) is 0.417. The van der Waals surface area contributed by atoms with Crippen LogP contribution in [0.2, 0.25) is 0 Å². The van der Waals surface area contributed by atoms with E-state index < -0.39 is 11.9 Å². The van der Waals surface area contributed by atoms with Crippen molar-refractivity contribution in [1.82, 2.24) is 10.3 Å². The Hall–Kier alpha value is -1.21. The van der Waals surface area contributed by atoms with Gasteiger partial charge in [0, 0.05) is 35.3 Å². The molecule has 1 aliphatic rings. The molecule has 1 unspecified atom stereocenters. The summed E-state index contributed by atoms with van der Waals surface area (Å²) in [4.78, 5) is 26.8. The maximum absolute atomic E-state index is 12.0. The first-order valence-electron chi connectivity index (χ1n) is 5.84. The van der Waals surface area contributed by atoms with Gasteiger partial charge < -0.3 is 10.4 Å². The fourth-order valence-electron chi connectivity index (χ4n) is 1.70. The number of carbonyl (C=O) groups excluding carboxylic acids is 1. The smallest absolute Gasteiger partial charge is 0.338 e. The highest BCUT2D eigenvalue weighted by Gasteiger charge is 2.20. The first-order valence-corrected chi connectivity index (χ1v) is 8.04. The van der Waals surface area contributed by atoms with Crippen molar-refractivity contribution in [2.24, 2.45) is 0 Å². The molecule has 0 aromatic carbocycles. The summed E-state index contributed by atoms with van der Waals surface area (Å²) in [7, 11) is 0. The van der Waals surface area contributed by atoms with E-state index in [1.165, 1.54) is 18.3 Å². The van der Waals surface area contributed by atoms with Crippen molar-refractivity contribution in [3.63, 3.8) is 0 Å². The van der Waals surface area contributed by atoms with Crippen LogP contribution in [-0.2, 0) is 0 Å². The molecule has 2 N–H and O–H groups in total. The lowest BCUT2D eigenvalue weighted by Gasteiger charge is -2.21. The SMILES string of the molecule is O=C(O)c1cccnc1C(=O)NCC1CSCCS1. The lowest BCUT2D eigenvalue weighted by atomic mass is 10.2. The molecule has 5 nitrogen and oxygen atoms in total. The second-order valence-electron chi connectivity index (χ2n) is 3.98. The Labute approximate surface area is 119 Å². The van der Waals surface area contributed by atoms with Gasteiger partial charge in [-0.15, -0.1) is 0 Å². The van der Waals surface area contributed by atoms with E-state index in [2.05, 4.69) is 10.3 Å². The number of carbonyl (C=O) groups is 2. The summed E-state index contributed by atoms with van der Waals surface area (Å²) in [6.07, 6.45) is 1.42. The number of hydrogen-bond acceptors (Lipinski definition) is 5. The van der Waals surface area contributed by atoms with Crippen molar-refractivity contribution in [1.29, 1.82) is 0 Å². The summed E-state index contributed by atoms with van der Waals surface area (Å²) < 4.78 is 0. The Morgan fingerprint density at radius 3 is 3.00 bits per heavy atom. The van der Waals surface area contributed by atoms with Gasteiger partial charge in [-0.3, -0.25) is 9.78 Å². The molecular weight excluding hydrogens is 284 g/mol. The lowest BCUT2D eigenvalue weighted by Crippen LogP contribution is -2.34. The Balaban J connectivity index is 1.97. The van der Waals surface area contributed by atoms with Crippen LogP contribution in [0, 0.1) is 0 Å². The number of aromatic carboxylic acids is 1. The van der Waals surface area contributed by atoms with Crippen LogP contribution in [0.15, 0.2) is 18.3 Å². The monoisotopic (exact) mass is 298 g/mol. The lowest BCUT2D eigenvalue weighted by molar-refractivity contribution is 0.0690. The van der Waals surface area contributed by atoms with E-state index in [-0.39, 0.29) is 11.3 Å². The molecule has 1 atom stereocenters. The topological polar surface area (TPSA) is 79.3 Å². The van der Waals surface area contributed by atoms with Gasteiger partial charge in [-0.25, -0.2) is 4.79 Å². The van der Waals surface area contributed by atoms with Gasteiger partial charge in [0.2, 0.25) is 0 Å². The Morgan fingerprint density at radius 2 is 2.32 bits per heavy atom. The van der Waals surface area contributed by atoms with Crippen LogP contribution in [0.5, 0.6) is 0 Å². The van der Waals surface area contributed by atoms with Crippen LogP contribution in [0.1, 0.15) is 20.8 Å². The standard InChI is InChI=1S/C12H14N2O3S2/c15-11(14-6-8-7-18-4-5-19-8)10-9(12(16)17)2-1-3-13-10/h1-3,8H,4-7H2,(H,14,15)(H,16,17). The predicted octanol–water partition coefficient (Wildman–Crippen LogP) is 1.36. The largest absolute Gasteiger partial charge is 0.478 e. The van der Waals surface area contributed by atoms with Gasteiger partial charge in [0.15, 0.2) is 0 Å². The third kappa shape index (κ3) is 3.87. The maximum atomic E-state index is 12.0. The molecule has 2 rings (SSSR count). The summed E-state index contributed by atoms with van der Waals surface area (Å²) in [5.41, 5.74) is -0.0888. The highest BCUT2D eigenvalue weighted by molar-refractivity contribution is 8.06. The van der Waals surface area contributed by atoms with Gasteiger partial charge >= 0.3 is 5.97 Å². The van der Waals surface area contributed by atoms with Crippen molar-refractivity contribution in [2.45, 2.75) is 5.25 Å². The van der Waals surface area contributed by atoms with E-state index in [0.717, 1.165) is 17.3 Å². The molecule has 1 fully saturated rings. The number of pyridine rings is 1. The molecular formula is C12H14N2O3S2. The molecule has 1 amide bonds. The summed E-state index contributed by atoms with van der Waals surface area (Å²) in [5.74, 6) is 1.70. The first kappa shape index (κ1) is 14.2. The Morgan fingerprint density at radius 1 is 1.47 bits per heavy atom. The number of rotatable bonds is 4. The summed E-state index contributed by atoms with van der Waals surface area (Å²) >= 11 is 3.72. The quantitative estimate of drug-likeness (QED) is 0.874. The molecule has 0 spiro atoms. The normalized spacial score (nSPS) is 18.8. The third-order valence-electron chi connectivity index (χ3n) is 2.63. The van der Waals surface area contributed by atoms with Gasteiger partial charge in [-0.2, -0.15) is 23.5 Å². The average Bonchev–Trinajstić information content (AvgIpc) is 2.46. The van der Waals surface area contributed by atoms with Crippen molar-refractivity contribution in [2.75, 3.05) is 23.8 Å². The molecule has 7 heteroatoms. The number of hydrogen-bond donors (Lipinski definition) is 2. The zero-order valence-corrected chi connectivity index (χ0v) is 11.8. The van der Waals surface area contributed by atoms with E-state index >= 15 is 0 Å². The predicted molar refractivity (Wildman–Crippen MR) is 77.1 cm³/mol. The molecule has 1 aromatic heterocycles. The van der Waals surface area contributed by atoms with Crippen LogP contribution < -0.4 is 5.32 Å². The minimum absolute atomic E-state index is 0.0246. The highest BCUT2D eigenvalue weighted by atomic mass is 32.2. The number of nitrogens with one attached hydrogen (secondary N) is 1. The van der Waals surface area contributed by atoms with Gasteiger partial charge in [0.1, 0.15) is 5.69 Å². The van der Waals surface area contributed by atoms with Crippen LogP contribution >= 0.6 is 23.5 Å². The van der Waals surface area contributed by atoms with E-state index in [9.17, 15) is 9.59 Å². The fourth-order valence-corrected chi connectivity index (χ4v) is 4.32. The Kier molecular flexibility index (Phi) is 5.09. The van der Waals surface area contributed by atoms with Crippen molar-refractivity contribution >= 4 is 35.4 Å². The van der Waals surface area contributed by atoms with E-state index in [1.807, 2.05) is 23.5 Å². The van der Waals surface area contributed by atoms with Crippen LogP contribution in [0.25, 0.3) is 0 Å². The maximum Gasteiger partial charge on any atom is 0.338 e. The molecule has 19 heavy (non-hydrogen) atoms. The molecule has 102 valence electrons. The van der Waals surface area contributed by atoms with Crippen LogP contribution in [-0.4, -0.2) is 51.0 Å². The number of carboxylic acids is 1. The number of nitrogens with zero attached hydrogens (tertiary/aromatic N) is 1. The van der Waals surface area contributed by atoms with E-state index in [1.54, 1.807) is 0 Å². The van der Waals surface area contributed by atoms with Crippen LogP contribution in [0.4, 0.5) is 0 Å².